The van der Waals surface area contributed by atoms with Gasteiger partial charge in [-0.25, -0.2) is 0 Å². The van der Waals surface area contributed by atoms with Crippen LogP contribution in [0.1, 0.15) is 41.0 Å². The van der Waals surface area contributed by atoms with Crippen LogP contribution in [0.15, 0.2) is 26.5 Å². The van der Waals surface area contributed by atoms with E-state index in [0.29, 0.717) is 0 Å². The van der Waals surface area contributed by atoms with Gasteiger partial charge < -0.3 is 5.32 Å². The summed E-state index contributed by atoms with van der Waals surface area (Å²) in [6.07, 6.45) is 1.11. The van der Waals surface area contributed by atoms with Gasteiger partial charge >= 0.3 is 0 Å². The van der Waals surface area contributed by atoms with Crippen molar-refractivity contribution in [3.63, 3.8) is 0 Å². The van der Waals surface area contributed by atoms with Crippen molar-refractivity contribution in [3.05, 3.63) is 53.0 Å². The second kappa shape index (κ2) is 7.60. The zero-order chi connectivity index (χ0) is 15.6. The molecule has 1 aromatic carbocycles. The Bertz CT molecular complexity index is 620. The van der Waals surface area contributed by atoms with E-state index in [2.05, 4.69) is 76.1 Å². The Balaban J connectivity index is 2.47. The first-order valence-corrected chi connectivity index (χ1v) is 9.66. The average Bonchev–Trinajstić information content (AvgIpc) is 2.75. The van der Waals surface area contributed by atoms with Crippen molar-refractivity contribution in [2.75, 3.05) is 6.54 Å². The van der Waals surface area contributed by atoms with Crippen molar-refractivity contribution in [2.45, 2.75) is 33.2 Å². The molecule has 0 saturated heterocycles. The number of benzene rings is 1. The highest BCUT2D eigenvalue weighted by Gasteiger charge is 2.20. The fourth-order valence-corrected chi connectivity index (χ4v) is 4.68. The molecule has 1 aromatic heterocycles. The maximum Gasteiger partial charge on any atom is 0.0843 e. The van der Waals surface area contributed by atoms with E-state index < -0.39 is 0 Å². The number of hydrogen-bond acceptors (Lipinski definition) is 2. The van der Waals surface area contributed by atoms with E-state index in [1.54, 1.807) is 11.3 Å². The fraction of sp³-hybridized carbons (Fsp3) is 0.375. The van der Waals surface area contributed by atoms with Gasteiger partial charge in [0.25, 0.3) is 0 Å². The lowest BCUT2D eigenvalue weighted by Gasteiger charge is -2.21. The molecular formula is C16H18Br2ClNS. The number of halogens is 3. The van der Waals surface area contributed by atoms with Crippen LogP contribution in [0.2, 0.25) is 5.02 Å². The third-order valence-electron chi connectivity index (χ3n) is 3.41. The third kappa shape index (κ3) is 4.11. The standard InChI is InChI=1S/C16H18Br2ClNS/c1-4-5-20-15(14-8-12(17)16(18)21-14)11-6-10(3)13(19)7-9(11)2/h6-8,15,20H,4-5H2,1-3H3. The largest absolute Gasteiger partial charge is 0.306 e. The summed E-state index contributed by atoms with van der Waals surface area (Å²) in [5.41, 5.74) is 3.64. The molecule has 0 aliphatic carbocycles. The number of nitrogens with one attached hydrogen (secondary N) is 1. The summed E-state index contributed by atoms with van der Waals surface area (Å²) in [5.74, 6) is 0. The molecule has 1 unspecified atom stereocenters. The second-order valence-electron chi connectivity index (χ2n) is 5.12. The molecule has 2 aromatic rings. The highest BCUT2D eigenvalue weighted by molar-refractivity contribution is 9.13. The zero-order valence-electron chi connectivity index (χ0n) is 12.3. The van der Waals surface area contributed by atoms with E-state index in [1.165, 1.54) is 16.0 Å². The normalized spacial score (nSPS) is 12.7. The summed E-state index contributed by atoms with van der Waals surface area (Å²) in [6, 6.07) is 6.65. The Morgan fingerprint density at radius 3 is 2.48 bits per heavy atom. The number of hydrogen-bond donors (Lipinski definition) is 1. The lowest BCUT2D eigenvalue weighted by molar-refractivity contribution is 0.603. The zero-order valence-corrected chi connectivity index (χ0v) is 17.0. The summed E-state index contributed by atoms with van der Waals surface area (Å²) in [6.45, 7) is 7.35. The molecule has 1 heterocycles. The van der Waals surface area contributed by atoms with Gasteiger partial charge in [-0.05, 0) is 87.5 Å². The van der Waals surface area contributed by atoms with E-state index >= 15 is 0 Å². The third-order valence-corrected chi connectivity index (χ3v) is 7.13. The number of rotatable bonds is 5. The summed E-state index contributed by atoms with van der Waals surface area (Å²) < 4.78 is 2.23. The molecule has 1 N–H and O–H groups in total. The minimum atomic E-state index is 0.202. The first kappa shape index (κ1) is 17.5. The van der Waals surface area contributed by atoms with Gasteiger partial charge in [0.2, 0.25) is 0 Å². The molecule has 0 aliphatic heterocycles. The Morgan fingerprint density at radius 1 is 1.19 bits per heavy atom. The van der Waals surface area contributed by atoms with E-state index in [1.807, 2.05) is 0 Å². The summed E-state index contributed by atoms with van der Waals surface area (Å²) >= 11 is 15.2. The Morgan fingerprint density at radius 2 is 1.90 bits per heavy atom. The lowest BCUT2D eigenvalue weighted by Crippen LogP contribution is -2.23. The van der Waals surface area contributed by atoms with Gasteiger partial charge in [-0.3, -0.25) is 0 Å². The molecule has 0 saturated carbocycles. The van der Waals surface area contributed by atoms with E-state index in [4.69, 9.17) is 11.6 Å². The van der Waals surface area contributed by atoms with Crippen LogP contribution in [0.4, 0.5) is 0 Å². The molecule has 5 heteroatoms. The molecule has 1 atom stereocenters. The maximum atomic E-state index is 6.24. The highest BCUT2D eigenvalue weighted by Crippen LogP contribution is 2.39. The van der Waals surface area contributed by atoms with Gasteiger partial charge in [0.05, 0.1) is 9.83 Å². The van der Waals surface area contributed by atoms with Crippen LogP contribution >= 0.6 is 54.8 Å². The Hall–Kier alpha value is 0.130. The molecule has 0 fully saturated rings. The summed E-state index contributed by atoms with van der Waals surface area (Å²) in [5, 5.41) is 4.49. The molecule has 0 spiro atoms. The molecule has 1 nitrogen and oxygen atoms in total. The summed E-state index contributed by atoms with van der Waals surface area (Å²) in [7, 11) is 0. The SMILES string of the molecule is CCCNC(c1cc(Br)c(Br)s1)c1cc(C)c(Cl)cc1C. The van der Waals surface area contributed by atoms with E-state index in [0.717, 1.165) is 31.8 Å². The summed E-state index contributed by atoms with van der Waals surface area (Å²) in [4.78, 5) is 1.30. The molecule has 114 valence electrons. The quantitative estimate of drug-likeness (QED) is 0.538. The number of aryl methyl sites for hydroxylation is 2. The van der Waals surface area contributed by atoms with Gasteiger partial charge in [-0.15, -0.1) is 11.3 Å². The van der Waals surface area contributed by atoms with Gasteiger partial charge in [0, 0.05) is 14.4 Å². The van der Waals surface area contributed by atoms with Gasteiger partial charge in [0.1, 0.15) is 0 Å². The predicted octanol–water partition coefficient (Wildman–Crippen LogP) is 6.63. The molecule has 0 aliphatic rings. The van der Waals surface area contributed by atoms with Crippen LogP contribution in [0.25, 0.3) is 0 Å². The van der Waals surface area contributed by atoms with E-state index in [-0.39, 0.29) is 6.04 Å². The molecule has 0 radical (unpaired) electrons. The minimum absolute atomic E-state index is 0.202. The van der Waals surface area contributed by atoms with Crippen molar-refractivity contribution >= 4 is 54.8 Å². The molecule has 0 bridgehead atoms. The van der Waals surface area contributed by atoms with Crippen molar-refractivity contribution in [1.82, 2.24) is 5.32 Å². The van der Waals surface area contributed by atoms with Crippen molar-refractivity contribution in [2.24, 2.45) is 0 Å². The first-order chi connectivity index (χ1) is 9.93. The average molecular weight is 452 g/mol. The monoisotopic (exact) mass is 449 g/mol. The van der Waals surface area contributed by atoms with Crippen LogP contribution in [-0.2, 0) is 0 Å². The molecule has 21 heavy (non-hydrogen) atoms. The number of thiophene rings is 1. The van der Waals surface area contributed by atoms with Crippen molar-refractivity contribution in [1.29, 1.82) is 0 Å². The fourth-order valence-electron chi connectivity index (χ4n) is 2.27. The van der Waals surface area contributed by atoms with Gasteiger partial charge in [0.15, 0.2) is 0 Å². The molecule has 0 amide bonds. The first-order valence-electron chi connectivity index (χ1n) is 6.88. The highest BCUT2D eigenvalue weighted by atomic mass is 79.9. The Labute approximate surface area is 152 Å². The molecular weight excluding hydrogens is 434 g/mol. The van der Waals surface area contributed by atoms with Gasteiger partial charge in [-0.1, -0.05) is 24.6 Å². The topological polar surface area (TPSA) is 12.0 Å². The smallest absolute Gasteiger partial charge is 0.0843 e. The van der Waals surface area contributed by atoms with Crippen LogP contribution in [-0.4, -0.2) is 6.54 Å². The van der Waals surface area contributed by atoms with Crippen LogP contribution < -0.4 is 5.32 Å². The van der Waals surface area contributed by atoms with Crippen LogP contribution in [0.3, 0.4) is 0 Å². The molecule has 2 rings (SSSR count). The predicted molar refractivity (Wildman–Crippen MR) is 101 cm³/mol. The maximum absolute atomic E-state index is 6.24. The van der Waals surface area contributed by atoms with Gasteiger partial charge in [-0.2, -0.15) is 0 Å². The van der Waals surface area contributed by atoms with Crippen molar-refractivity contribution < 1.29 is 0 Å². The van der Waals surface area contributed by atoms with Crippen molar-refractivity contribution in [3.8, 4) is 0 Å². The Kier molecular flexibility index (Phi) is 6.33. The van der Waals surface area contributed by atoms with Crippen LogP contribution in [0.5, 0.6) is 0 Å². The lowest BCUT2D eigenvalue weighted by atomic mass is 9.97. The second-order valence-corrected chi connectivity index (χ2v) is 8.78. The van der Waals surface area contributed by atoms with E-state index in [9.17, 15) is 0 Å². The van der Waals surface area contributed by atoms with Crippen LogP contribution in [0, 0.1) is 13.8 Å². The minimum Gasteiger partial charge on any atom is -0.306 e.